The van der Waals surface area contributed by atoms with E-state index in [1.807, 2.05) is 0 Å². The van der Waals surface area contributed by atoms with Crippen molar-refractivity contribution in [3.63, 3.8) is 0 Å². The standard InChI is InChI=1S/C9H15IO4/c1-3-7(8(11)13-4-2)9(12)14-6-5-10/h7H,3-6H2,1-2H3. The lowest BCUT2D eigenvalue weighted by atomic mass is 10.1. The van der Waals surface area contributed by atoms with Gasteiger partial charge in [0.15, 0.2) is 5.92 Å². The van der Waals surface area contributed by atoms with Gasteiger partial charge in [-0.25, -0.2) is 0 Å². The molecule has 0 aromatic rings. The highest BCUT2D eigenvalue weighted by molar-refractivity contribution is 14.1. The van der Waals surface area contributed by atoms with Gasteiger partial charge >= 0.3 is 11.9 Å². The summed E-state index contributed by atoms with van der Waals surface area (Å²) in [5, 5.41) is 0. The number of hydrogen-bond donors (Lipinski definition) is 0. The molecular weight excluding hydrogens is 299 g/mol. The number of hydrogen-bond acceptors (Lipinski definition) is 4. The summed E-state index contributed by atoms with van der Waals surface area (Å²) in [7, 11) is 0. The Kier molecular flexibility index (Phi) is 7.83. The summed E-state index contributed by atoms with van der Waals surface area (Å²) in [6.45, 7) is 4.10. The summed E-state index contributed by atoms with van der Waals surface area (Å²) in [5.41, 5.74) is 0. The Bertz CT molecular complexity index is 193. The molecule has 0 N–H and O–H groups in total. The van der Waals surface area contributed by atoms with Gasteiger partial charge < -0.3 is 9.47 Å². The van der Waals surface area contributed by atoms with Crippen LogP contribution in [0.3, 0.4) is 0 Å². The summed E-state index contributed by atoms with van der Waals surface area (Å²) >= 11 is 2.10. The third-order valence-electron chi connectivity index (χ3n) is 1.59. The van der Waals surface area contributed by atoms with Crippen LogP contribution >= 0.6 is 22.6 Å². The van der Waals surface area contributed by atoms with E-state index in [4.69, 9.17) is 9.47 Å². The van der Waals surface area contributed by atoms with Crippen LogP contribution in [0.4, 0.5) is 0 Å². The summed E-state index contributed by atoms with van der Waals surface area (Å²) in [6.07, 6.45) is 0.416. The zero-order chi connectivity index (χ0) is 11.0. The summed E-state index contributed by atoms with van der Waals surface area (Å²) in [6, 6.07) is 0. The Morgan fingerprint density at radius 3 is 2.21 bits per heavy atom. The summed E-state index contributed by atoms with van der Waals surface area (Å²) in [5.74, 6) is -1.74. The Labute approximate surface area is 97.5 Å². The molecule has 1 unspecified atom stereocenters. The topological polar surface area (TPSA) is 52.6 Å². The molecule has 0 saturated carbocycles. The van der Waals surface area contributed by atoms with E-state index < -0.39 is 17.9 Å². The van der Waals surface area contributed by atoms with Gasteiger partial charge in [0.2, 0.25) is 0 Å². The van der Waals surface area contributed by atoms with Crippen LogP contribution in [0.25, 0.3) is 0 Å². The lowest BCUT2D eigenvalue weighted by molar-refractivity contribution is -0.161. The minimum atomic E-state index is -0.766. The first kappa shape index (κ1) is 13.7. The number of ether oxygens (including phenoxy) is 2. The SMILES string of the molecule is CCOC(=O)C(CC)C(=O)OCCI. The predicted octanol–water partition coefficient (Wildman–Crippen LogP) is 1.55. The van der Waals surface area contributed by atoms with Crippen LogP contribution in [0.2, 0.25) is 0 Å². The minimum absolute atomic E-state index is 0.287. The summed E-state index contributed by atoms with van der Waals surface area (Å²) in [4.78, 5) is 22.6. The zero-order valence-electron chi connectivity index (χ0n) is 8.42. The second kappa shape index (κ2) is 8.02. The van der Waals surface area contributed by atoms with Crippen LogP contribution in [-0.2, 0) is 19.1 Å². The summed E-state index contributed by atoms with van der Waals surface area (Å²) < 4.78 is 10.3. The first-order valence-corrected chi connectivity index (χ1v) is 6.09. The molecule has 0 heterocycles. The molecule has 14 heavy (non-hydrogen) atoms. The maximum atomic E-state index is 11.3. The molecular formula is C9H15IO4. The average Bonchev–Trinajstić information content (AvgIpc) is 2.16. The number of alkyl halides is 1. The van der Waals surface area contributed by atoms with Crippen LogP contribution in [0, 0.1) is 5.92 Å². The van der Waals surface area contributed by atoms with Gasteiger partial charge in [-0.3, -0.25) is 9.59 Å². The van der Waals surface area contributed by atoms with Gasteiger partial charge in [0.1, 0.15) is 6.61 Å². The fourth-order valence-corrected chi connectivity index (χ4v) is 1.13. The van der Waals surface area contributed by atoms with E-state index in [0.29, 0.717) is 13.0 Å². The van der Waals surface area contributed by atoms with Crippen molar-refractivity contribution < 1.29 is 19.1 Å². The van der Waals surface area contributed by atoms with Crippen molar-refractivity contribution in [3.05, 3.63) is 0 Å². The van der Waals surface area contributed by atoms with E-state index in [2.05, 4.69) is 22.6 Å². The number of rotatable bonds is 6. The quantitative estimate of drug-likeness (QED) is 0.323. The Hall–Kier alpha value is -0.330. The molecule has 82 valence electrons. The molecule has 0 rings (SSSR count). The number of carbonyl (C=O) groups excluding carboxylic acids is 2. The van der Waals surface area contributed by atoms with Gasteiger partial charge in [-0.15, -0.1) is 0 Å². The second-order valence-corrected chi connectivity index (χ2v) is 3.65. The molecule has 0 fully saturated rings. The number of esters is 2. The Morgan fingerprint density at radius 1 is 1.21 bits per heavy atom. The van der Waals surface area contributed by atoms with Gasteiger partial charge in [0.05, 0.1) is 6.61 Å². The molecule has 0 aromatic heterocycles. The average molecular weight is 314 g/mol. The molecule has 0 radical (unpaired) electrons. The molecule has 0 saturated heterocycles. The lowest BCUT2D eigenvalue weighted by Crippen LogP contribution is -2.27. The van der Waals surface area contributed by atoms with Crippen LogP contribution in [-0.4, -0.2) is 29.6 Å². The Balaban J connectivity index is 4.10. The fraction of sp³-hybridized carbons (Fsp3) is 0.778. The monoisotopic (exact) mass is 314 g/mol. The Morgan fingerprint density at radius 2 is 1.79 bits per heavy atom. The van der Waals surface area contributed by atoms with Crippen LogP contribution < -0.4 is 0 Å². The van der Waals surface area contributed by atoms with Crippen LogP contribution in [0.1, 0.15) is 20.3 Å². The molecule has 0 bridgehead atoms. The predicted molar refractivity (Wildman–Crippen MR) is 60.3 cm³/mol. The zero-order valence-corrected chi connectivity index (χ0v) is 10.6. The van der Waals surface area contributed by atoms with E-state index in [0.717, 1.165) is 4.43 Å². The van der Waals surface area contributed by atoms with Crippen molar-refractivity contribution in [1.82, 2.24) is 0 Å². The minimum Gasteiger partial charge on any atom is -0.465 e. The smallest absolute Gasteiger partial charge is 0.320 e. The van der Waals surface area contributed by atoms with Crippen molar-refractivity contribution >= 4 is 34.5 Å². The maximum absolute atomic E-state index is 11.3. The normalized spacial score (nSPS) is 11.9. The third kappa shape index (κ3) is 4.78. The molecule has 0 aliphatic rings. The molecule has 4 nitrogen and oxygen atoms in total. The first-order chi connectivity index (χ1) is 6.67. The maximum Gasteiger partial charge on any atom is 0.320 e. The highest BCUT2D eigenvalue weighted by Gasteiger charge is 2.27. The van der Waals surface area contributed by atoms with E-state index >= 15 is 0 Å². The molecule has 0 aliphatic heterocycles. The van der Waals surface area contributed by atoms with Crippen molar-refractivity contribution in [2.45, 2.75) is 20.3 Å². The number of carbonyl (C=O) groups is 2. The van der Waals surface area contributed by atoms with Crippen molar-refractivity contribution in [3.8, 4) is 0 Å². The molecule has 0 aromatic carbocycles. The highest BCUT2D eigenvalue weighted by Crippen LogP contribution is 2.08. The largest absolute Gasteiger partial charge is 0.465 e. The second-order valence-electron chi connectivity index (χ2n) is 2.57. The van der Waals surface area contributed by atoms with Crippen LogP contribution in [0.15, 0.2) is 0 Å². The van der Waals surface area contributed by atoms with Gasteiger partial charge in [-0.1, -0.05) is 29.5 Å². The molecule has 0 amide bonds. The van der Waals surface area contributed by atoms with Gasteiger partial charge in [-0.2, -0.15) is 0 Å². The fourth-order valence-electron chi connectivity index (χ4n) is 0.912. The van der Waals surface area contributed by atoms with Crippen LogP contribution in [0.5, 0.6) is 0 Å². The highest BCUT2D eigenvalue weighted by atomic mass is 127. The first-order valence-electron chi connectivity index (χ1n) is 4.56. The molecule has 0 spiro atoms. The van der Waals surface area contributed by atoms with E-state index in [-0.39, 0.29) is 6.61 Å². The van der Waals surface area contributed by atoms with Gasteiger partial charge in [0, 0.05) is 4.43 Å². The van der Waals surface area contributed by atoms with E-state index in [1.54, 1.807) is 13.8 Å². The molecule has 0 aliphatic carbocycles. The van der Waals surface area contributed by atoms with Gasteiger partial charge in [0.25, 0.3) is 0 Å². The third-order valence-corrected chi connectivity index (χ3v) is 2.03. The van der Waals surface area contributed by atoms with E-state index in [1.165, 1.54) is 0 Å². The van der Waals surface area contributed by atoms with Crippen molar-refractivity contribution in [2.75, 3.05) is 17.6 Å². The molecule has 5 heteroatoms. The van der Waals surface area contributed by atoms with Gasteiger partial charge in [-0.05, 0) is 13.3 Å². The lowest BCUT2D eigenvalue weighted by Gasteiger charge is -2.11. The number of halogens is 1. The molecule has 1 atom stereocenters. The van der Waals surface area contributed by atoms with Crippen molar-refractivity contribution in [1.29, 1.82) is 0 Å². The van der Waals surface area contributed by atoms with Crippen molar-refractivity contribution in [2.24, 2.45) is 5.92 Å². The van der Waals surface area contributed by atoms with E-state index in [9.17, 15) is 9.59 Å².